The number of nitrogens with two attached hydrogens (primary N) is 1. The molecule has 3 N–H and O–H groups in total. The Kier molecular flexibility index (Phi) is 6.99. The van der Waals surface area contributed by atoms with Gasteiger partial charge in [-0.3, -0.25) is 4.79 Å². The van der Waals surface area contributed by atoms with Crippen molar-refractivity contribution in [3.63, 3.8) is 0 Å². The summed E-state index contributed by atoms with van der Waals surface area (Å²) in [5, 5.41) is 11.8. The Bertz CT molecular complexity index is 1170. The van der Waals surface area contributed by atoms with Crippen LogP contribution in [-0.4, -0.2) is 38.6 Å². The second-order valence-corrected chi connectivity index (χ2v) is 9.94. The predicted octanol–water partition coefficient (Wildman–Crippen LogP) is 4.03. The number of carbonyl (C=O) groups excluding carboxylic acids is 2. The maximum atomic E-state index is 13.2. The number of hydrogen-bond donors (Lipinski definition) is 2. The number of ether oxygens (including phenoxy) is 1. The van der Waals surface area contributed by atoms with Crippen LogP contribution in [0.4, 0.5) is 9.39 Å². The van der Waals surface area contributed by atoms with E-state index in [0.717, 1.165) is 47.9 Å². The van der Waals surface area contributed by atoms with Gasteiger partial charge in [-0.25, -0.2) is 13.9 Å². The highest BCUT2D eigenvalue weighted by Gasteiger charge is 2.28. The van der Waals surface area contributed by atoms with E-state index in [2.05, 4.69) is 15.5 Å². The molecule has 1 aliphatic carbocycles. The SMILES string of the molecule is CC(C)OC(=O)c1c(NC(=O)CSc2nnc(-c3ccc(F)cc3)n2N)sc2c1CCCC2. The number of halogens is 1. The highest BCUT2D eigenvalue weighted by atomic mass is 32.2. The first-order chi connectivity index (χ1) is 15.8. The summed E-state index contributed by atoms with van der Waals surface area (Å²) in [6.07, 6.45) is 3.54. The van der Waals surface area contributed by atoms with Crippen molar-refractivity contribution in [2.24, 2.45) is 0 Å². The molecular weight excluding hydrogens is 465 g/mol. The number of nitrogens with one attached hydrogen (secondary N) is 1. The van der Waals surface area contributed by atoms with Crippen molar-refractivity contribution in [1.82, 2.24) is 14.9 Å². The standard InChI is InChI=1S/C22H24FN5O3S2/c1-12(2)31-21(30)18-15-5-3-4-6-16(15)33-20(18)25-17(29)11-32-22-27-26-19(28(22)24)13-7-9-14(23)10-8-13/h7-10,12H,3-6,11,24H2,1-2H3,(H,25,29). The number of amides is 1. The minimum absolute atomic E-state index is 0.0278. The lowest BCUT2D eigenvalue weighted by atomic mass is 9.95. The van der Waals surface area contributed by atoms with Crippen LogP contribution in [0.1, 0.15) is 47.5 Å². The van der Waals surface area contributed by atoms with Gasteiger partial charge < -0.3 is 15.9 Å². The lowest BCUT2D eigenvalue weighted by molar-refractivity contribution is -0.113. The first-order valence-corrected chi connectivity index (χ1v) is 12.4. The average Bonchev–Trinajstić information content (AvgIpc) is 3.32. The van der Waals surface area contributed by atoms with Gasteiger partial charge in [0.15, 0.2) is 5.82 Å². The summed E-state index contributed by atoms with van der Waals surface area (Å²) in [7, 11) is 0. The Balaban J connectivity index is 1.46. The zero-order valence-corrected chi connectivity index (χ0v) is 19.9. The van der Waals surface area contributed by atoms with E-state index in [1.165, 1.54) is 28.1 Å². The van der Waals surface area contributed by atoms with Gasteiger partial charge in [0.25, 0.3) is 0 Å². The van der Waals surface area contributed by atoms with Crippen molar-refractivity contribution in [2.45, 2.75) is 50.8 Å². The van der Waals surface area contributed by atoms with Crippen molar-refractivity contribution in [2.75, 3.05) is 16.9 Å². The number of carbonyl (C=O) groups is 2. The number of aromatic nitrogens is 3. The molecule has 0 fully saturated rings. The third-order valence-electron chi connectivity index (χ3n) is 5.07. The molecule has 174 valence electrons. The Labute approximate surface area is 198 Å². The highest BCUT2D eigenvalue weighted by molar-refractivity contribution is 7.99. The van der Waals surface area contributed by atoms with E-state index < -0.39 is 5.97 Å². The van der Waals surface area contributed by atoms with Crippen LogP contribution in [0.2, 0.25) is 0 Å². The minimum atomic E-state index is -0.405. The fraction of sp³-hybridized carbons (Fsp3) is 0.364. The molecule has 8 nitrogen and oxygen atoms in total. The van der Waals surface area contributed by atoms with Gasteiger partial charge in [0.2, 0.25) is 11.1 Å². The Morgan fingerprint density at radius 3 is 2.70 bits per heavy atom. The van der Waals surface area contributed by atoms with E-state index in [0.29, 0.717) is 27.1 Å². The average molecular weight is 490 g/mol. The number of hydrogen-bond acceptors (Lipinski definition) is 8. The molecule has 0 aliphatic heterocycles. The van der Waals surface area contributed by atoms with Crippen molar-refractivity contribution in [3.05, 3.63) is 46.1 Å². The van der Waals surface area contributed by atoms with Crippen LogP contribution in [0.3, 0.4) is 0 Å². The van der Waals surface area contributed by atoms with E-state index in [-0.39, 0.29) is 23.6 Å². The van der Waals surface area contributed by atoms with Crippen molar-refractivity contribution < 1.29 is 18.7 Å². The molecule has 2 aromatic heterocycles. The first-order valence-electron chi connectivity index (χ1n) is 10.6. The summed E-state index contributed by atoms with van der Waals surface area (Å²) < 4.78 is 19.9. The molecule has 11 heteroatoms. The van der Waals surface area contributed by atoms with Gasteiger partial charge >= 0.3 is 5.97 Å². The molecule has 0 atom stereocenters. The number of anilines is 1. The van der Waals surface area contributed by atoms with E-state index in [9.17, 15) is 14.0 Å². The summed E-state index contributed by atoms with van der Waals surface area (Å²) >= 11 is 2.56. The topological polar surface area (TPSA) is 112 Å². The van der Waals surface area contributed by atoms with Crippen LogP contribution in [0.5, 0.6) is 0 Å². The van der Waals surface area contributed by atoms with Crippen molar-refractivity contribution in [1.29, 1.82) is 0 Å². The maximum Gasteiger partial charge on any atom is 0.341 e. The second kappa shape index (κ2) is 9.92. The molecule has 0 saturated carbocycles. The monoisotopic (exact) mass is 489 g/mol. The molecule has 0 bridgehead atoms. The van der Waals surface area contributed by atoms with Crippen LogP contribution in [-0.2, 0) is 22.4 Å². The molecule has 4 rings (SSSR count). The number of benzene rings is 1. The Morgan fingerprint density at radius 1 is 1.24 bits per heavy atom. The van der Waals surface area contributed by atoms with Crippen LogP contribution in [0, 0.1) is 5.82 Å². The fourth-order valence-electron chi connectivity index (χ4n) is 3.61. The molecule has 3 aromatic rings. The van der Waals surface area contributed by atoms with E-state index in [4.69, 9.17) is 10.6 Å². The quantitative estimate of drug-likeness (QED) is 0.293. The fourth-order valence-corrected chi connectivity index (χ4v) is 5.56. The van der Waals surface area contributed by atoms with E-state index >= 15 is 0 Å². The molecule has 0 unspecified atom stereocenters. The molecule has 2 heterocycles. The van der Waals surface area contributed by atoms with Crippen molar-refractivity contribution >= 4 is 40.0 Å². The maximum absolute atomic E-state index is 13.2. The zero-order valence-electron chi connectivity index (χ0n) is 18.3. The molecule has 0 spiro atoms. The van der Waals surface area contributed by atoms with Gasteiger partial charge in [0, 0.05) is 10.4 Å². The molecule has 0 radical (unpaired) electrons. The molecule has 33 heavy (non-hydrogen) atoms. The smallest absolute Gasteiger partial charge is 0.341 e. The zero-order chi connectivity index (χ0) is 23.5. The third-order valence-corrected chi connectivity index (χ3v) is 7.22. The summed E-state index contributed by atoms with van der Waals surface area (Å²) in [5.74, 6) is 5.41. The highest BCUT2D eigenvalue weighted by Crippen LogP contribution is 2.39. The molecule has 0 saturated heterocycles. The predicted molar refractivity (Wildman–Crippen MR) is 126 cm³/mol. The third kappa shape index (κ3) is 5.19. The van der Waals surface area contributed by atoms with Crippen LogP contribution < -0.4 is 11.2 Å². The minimum Gasteiger partial charge on any atom is -0.459 e. The summed E-state index contributed by atoms with van der Waals surface area (Å²) in [6.45, 7) is 3.60. The molecule has 1 aromatic carbocycles. The van der Waals surface area contributed by atoms with Gasteiger partial charge in [0.05, 0.1) is 17.4 Å². The molecule has 1 aliphatic rings. The van der Waals surface area contributed by atoms with Crippen LogP contribution in [0.25, 0.3) is 11.4 Å². The summed E-state index contributed by atoms with van der Waals surface area (Å²) in [5.41, 5.74) is 2.08. The molecule has 1 amide bonds. The number of nitrogen functional groups attached to an aromatic ring is 1. The number of nitrogens with zero attached hydrogens (tertiary/aromatic N) is 3. The van der Waals surface area contributed by atoms with Gasteiger partial charge in [-0.15, -0.1) is 21.5 Å². The van der Waals surface area contributed by atoms with Gasteiger partial charge in [-0.05, 0) is 69.4 Å². The summed E-state index contributed by atoms with van der Waals surface area (Å²) in [4.78, 5) is 26.6. The number of rotatable bonds is 7. The van der Waals surface area contributed by atoms with Gasteiger partial charge in [0.1, 0.15) is 10.8 Å². The Morgan fingerprint density at radius 2 is 1.97 bits per heavy atom. The normalized spacial score (nSPS) is 13.1. The van der Waals surface area contributed by atoms with Gasteiger partial charge in [-0.1, -0.05) is 11.8 Å². The number of thiophene rings is 1. The Hall–Kier alpha value is -2.92. The lowest BCUT2D eigenvalue weighted by Crippen LogP contribution is -2.19. The van der Waals surface area contributed by atoms with Gasteiger partial charge in [-0.2, -0.15) is 0 Å². The summed E-state index contributed by atoms with van der Waals surface area (Å²) in [6, 6.07) is 5.74. The number of aryl methyl sites for hydroxylation is 1. The van der Waals surface area contributed by atoms with Crippen LogP contribution >= 0.6 is 23.1 Å². The molecular formula is C22H24FN5O3S2. The lowest BCUT2D eigenvalue weighted by Gasteiger charge is -2.14. The van der Waals surface area contributed by atoms with Crippen molar-refractivity contribution in [3.8, 4) is 11.4 Å². The van der Waals surface area contributed by atoms with E-state index in [1.807, 2.05) is 0 Å². The number of thioether (sulfide) groups is 1. The van der Waals surface area contributed by atoms with E-state index in [1.54, 1.807) is 26.0 Å². The first kappa shape index (κ1) is 23.2. The second-order valence-electron chi connectivity index (χ2n) is 7.89. The van der Waals surface area contributed by atoms with Crippen LogP contribution in [0.15, 0.2) is 29.4 Å². The number of fused-ring (bicyclic) bond motifs is 1. The largest absolute Gasteiger partial charge is 0.459 e. The number of esters is 1.